The van der Waals surface area contributed by atoms with Crippen molar-refractivity contribution in [3.63, 3.8) is 0 Å². The van der Waals surface area contributed by atoms with Crippen LogP contribution in [0.4, 0.5) is 0 Å². The molecule has 0 unspecified atom stereocenters. The number of hydrogen-bond acceptors (Lipinski definition) is 2. The van der Waals surface area contributed by atoms with Crippen LogP contribution in [-0.4, -0.2) is 29.3 Å². The van der Waals surface area contributed by atoms with Crippen molar-refractivity contribution in [1.29, 1.82) is 0 Å². The first-order valence-electron chi connectivity index (χ1n) is 9.22. The number of benzene rings is 1. The predicted molar refractivity (Wildman–Crippen MR) is 103 cm³/mol. The lowest BCUT2D eigenvalue weighted by Gasteiger charge is -2.13. The van der Waals surface area contributed by atoms with Gasteiger partial charge < -0.3 is 10.6 Å². The monoisotopic (exact) mass is 339 g/mol. The van der Waals surface area contributed by atoms with Crippen LogP contribution >= 0.6 is 0 Å². The van der Waals surface area contributed by atoms with Gasteiger partial charge in [0.05, 0.1) is 5.69 Å². The van der Waals surface area contributed by atoms with Crippen LogP contribution < -0.4 is 10.6 Å². The first kappa shape index (κ1) is 17.5. The minimum atomic E-state index is 0.810. The molecule has 0 saturated carbocycles. The van der Waals surface area contributed by atoms with Crippen molar-refractivity contribution in [1.82, 2.24) is 20.4 Å². The average Bonchev–Trinajstić information content (AvgIpc) is 3.19. The maximum atomic E-state index is 4.49. The number of hydrogen-bond donors (Lipinski definition) is 2. The third kappa shape index (κ3) is 4.62. The molecule has 2 N–H and O–H groups in total. The Balaban J connectivity index is 1.41. The molecule has 2 aromatic rings. The summed E-state index contributed by atoms with van der Waals surface area (Å²) < 4.78 is 2.07. The van der Waals surface area contributed by atoms with E-state index < -0.39 is 0 Å². The minimum absolute atomic E-state index is 0.810. The Morgan fingerprint density at radius 1 is 1.16 bits per heavy atom. The molecular weight excluding hydrogens is 310 g/mol. The van der Waals surface area contributed by atoms with Crippen LogP contribution in [0, 0.1) is 13.8 Å². The van der Waals surface area contributed by atoms with E-state index in [1.165, 1.54) is 41.6 Å². The van der Waals surface area contributed by atoms with E-state index in [4.69, 9.17) is 0 Å². The van der Waals surface area contributed by atoms with E-state index in [0.29, 0.717) is 0 Å². The van der Waals surface area contributed by atoms with Crippen LogP contribution in [0.2, 0.25) is 0 Å². The quantitative estimate of drug-likeness (QED) is 0.483. The molecule has 3 rings (SSSR count). The SMILES string of the molecule is CN=C(NCCCn1nc(C)cc1C)NCc1ccc2c(c1)CCC2. The molecule has 5 nitrogen and oxygen atoms in total. The Labute approximate surface area is 150 Å². The molecule has 0 bridgehead atoms. The summed E-state index contributed by atoms with van der Waals surface area (Å²) in [6, 6.07) is 8.97. The number of nitrogens with zero attached hydrogens (tertiary/aromatic N) is 3. The molecule has 0 atom stereocenters. The van der Waals surface area contributed by atoms with Crippen molar-refractivity contribution in [3.05, 3.63) is 52.3 Å². The largest absolute Gasteiger partial charge is 0.356 e. The van der Waals surface area contributed by atoms with Gasteiger partial charge in [-0.15, -0.1) is 0 Å². The van der Waals surface area contributed by atoms with Gasteiger partial charge >= 0.3 is 0 Å². The van der Waals surface area contributed by atoms with Gasteiger partial charge in [-0.2, -0.15) is 5.10 Å². The second-order valence-electron chi connectivity index (χ2n) is 6.81. The van der Waals surface area contributed by atoms with E-state index in [1.807, 2.05) is 14.0 Å². The Kier molecular flexibility index (Phi) is 5.74. The van der Waals surface area contributed by atoms with Gasteiger partial charge in [-0.1, -0.05) is 18.2 Å². The van der Waals surface area contributed by atoms with Crippen molar-refractivity contribution >= 4 is 5.96 Å². The number of aromatic nitrogens is 2. The fourth-order valence-electron chi connectivity index (χ4n) is 3.48. The van der Waals surface area contributed by atoms with E-state index in [0.717, 1.165) is 37.7 Å². The molecule has 0 amide bonds. The van der Waals surface area contributed by atoms with Crippen molar-refractivity contribution in [2.75, 3.05) is 13.6 Å². The van der Waals surface area contributed by atoms with E-state index in [-0.39, 0.29) is 0 Å². The molecule has 1 aliphatic rings. The number of rotatable bonds is 6. The fraction of sp³-hybridized carbons (Fsp3) is 0.500. The van der Waals surface area contributed by atoms with E-state index in [1.54, 1.807) is 0 Å². The summed E-state index contributed by atoms with van der Waals surface area (Å²) in [5.74, 6) is 0.855. The number of fused-ring (bicyclic) bond motifs is 1. The summed E-state index contributed by atoms with van der Waals surface area (Å²) in [5, 5.41) is 11.3. The molecule has 0 radical (unpaired) electrons. The van der Waals surface area contributed by atoms with Gasteiger partial charge in [0.2, 0.25) is 0 Å². The Morgan fingerprint density at radius 3 is 2.76 bits per heavy atom. The van der Waals surface area contributed by atoms with Gasteiger partial charge in [0.1, 0.15) is 0 Å². The molecule has 25 heavy (non-hydrogen) atoms. The van der Waals surface area contributed by atoms with E-state index in [9.17, 15) is 0 Å². The lowest BCUT2D eigenvalue weighted by Crippen LogP contribution is -2.37. The maximum Gasteiger partial charge on any atom is 0.191 e. The summed E-state index contributed by atoms with van der Waals surface area (Å²) >= 11 is 0. The predicted octanol–water partition coefficient (Wildman–Crippen LogP) is 2.74. The third-order valence-corrected chi connectivity index (χ3v) is 4.79. The molecule has 0 fully saturated rings. The fourth-order valence-corrected chi connectivity index (χ4v) is 3.48. The Hall–Kier alpha value is -2.30. The molecule has 0 saturated heterocycles. The average molecular weight is 339 g/mol. The van der Waals surface area contributed by atoms with Gasteiger partial charge in [0.25, 0.3) is 0 Å². The topological polar surface area (TPSA) is 54.2 Å². The van der Waals surface area contributed by atoms with Gasteiger partial charge in [0, 0.05) is 32.4 Å². The summed E-state index contributed by atoms with van der Waals surface area (Å²) in [6.45, 7) is 6.75. The van der Waals surface area contributed by atoms with E-state index >= 15 is 0 Å². The number of nitrogens with one attached hydrogen (secondary N) is 2. The Morgan fingerprint density at radius 2 is 2.00 bits per heavy atom. The second-order valence-corrected chi connectivity index (χ2v) is 6.81. The van der Waals surface area contributed by atoms with Crippen molar-refractivity contribution < 1.29 is 0 Å². The summed E-state index contributed by atoms with van der Waals surface area (Å²) in [4.78, 5) is 4.31. The smallest absolute Gasteiger partial charge is 0.191 e. The number of aryl methyl sites for hydroxylation is 5. The zero-order valence-electron chi connectivity index (χ0n) is 15.6. The van der Waals surface area contributed by atoms with Crippen LogP contribution in [-0.2, 0) is 25.9 Å². The molecule has 1 aliphatic carbocycles. The van der Waals surface area contributed by atoms with Crippen molar-refractivity contribution in [2.24, 2.45) is 4.99 Å². The van der Waals surface area contributed by atoms with Gasteiger partial charge in [0.15, 0.2) is 5.96 Å². The highest BCUT2D eigenvalue weighted by Gasteiger charge is 2.10. The second kappa shape index (κ2) is 8.19. The normalized spacial score (nSPS) is 13.8. The van der Waals surface area contributed by atoms with Crippen molar-refractivity contribution in [2.45, 2.75) is 52.6 Å². The highest BCUT2D eigenvalue weighted by Crippen LogP contribution is 2.22. The standard InChI is InChI=1S/C20H29N5/c1-15-12-16(2)25(24-15)11-5-10-22-20(21-3)23-14-17-8-9-18-6-4-7-19(18)13-17/h8-9,12-13H,4-7,10-11,14H2,1-3H3,(H2,21,22,23). The van der Waals surface area contributed by atoms with Crippen molar-refractivity contribution in [3.8, 4) is 0 Å². The van der Waals surface area contributed by atoms with Gasteiger partial charge in [-0.25, -0.2) is 0 Å². The minimum Gasteiger partial charge on any atom is -0.356 e. The summed E-state index contributed by atoms with van der Waals surface area (Å²) in [6.07, 6.45) is 4.77. The molecule has 0 aliphatic heterocycles. The van der Waals surface area contributed by atoms with Crippen LogP contribution in [0.5, 0.6) is 0 Å². The van der Waals surface area contributed by atoms with Crippen LogP contribution in [0.3, 0.4) is 0 Å². The zero-order valence-corrected chi connectivity index (χ0v) is 15.6. The summed E-state index contributed by atoms with van der Waals surface area (Å²) in [5.41, 5.74) is 6.67. The molecule has 5 heteroatoms. The molecule has 0 spiro atoms. The van der Waals surface area contributed by atoms with Crippen LogP contribution in [0.15, 0.2) is 29.3 Å². The third-order valence-electron chi connectivity index (χ3n) is 4.79. The van der Waals surface area contributed by atoms with Crippen LogP contribution in [0.25, 0.3) is 0 Å². The Bertz CT molecular complexity index is 745. The van der Waals surface area contributed by atoms with E-state index in [2.05, 4.69) is 56.6 Å². The van der Waals surface area contributed by atoms with Gasteiger partial charge in [-0.3, -0.25) is 9.67 Å². The summed E-state index contributed by atoms with van der Waals surface area (Å²) in [7, 11) is 1.82. The molecule has 1 heterocycles. The lowest BCUT2D eigenvalue weighted by molar-refractivity contribution is 0.555. The first-order chi connectivity index (χ1) is 12.2. The first-order valence-corrected chi connectivity index (χ1v) is 9.22. The zero-order chi connectivity index (χ0) is 17.6. The highest BCUT2D eigenvalue weighted by atomic mass is 15.3. The number of guanidine groups is 1. The lowest BCUT2D eigenvalue weighted by atomic mass is 10.1. The molecule has 1 aromatic heterocycles. The van der Waals surface area contributed by atoms with Crippen LogP contribution in [0.1, 0.15) is 40.9 Å². The number of aliphatic imine (C=N–C) groups is 1. The highest BCUT2D eigenvalue weighted by molar-refractivity contribution is 5.79. The van der Waals surface area contributed by atoms with Gasteiger partial charge in [-0.05, 0) is 62.3 Å². The molecular formula is C20H29N5. The maximum absolute atomic E-state index is 4.49. The molecule has 134 valence electrons. The molecule has 1 aromatic carbocycles.